The zero-order valence-corrected chi connectivity index (χ0v) is 22.2. The number of hydrogen-bond acceptors (Lipinski definition) is 7. The van der Waals surface area contributed by atoms with Crippen molar-refractivity contribution in [3.63, 3.8) is 0 Å². The van der Waals surface area contributed by atoms with E-state index in [4.69, 9.17) is 4.74 Å². The van der Waals surface area contributed by atoms with E-state index in [0.717, 1.165) is 30.5 Å². The van der Waals surface area contributed by atoms with Crippen LogP contribution < -0.4 is 9.64 Å². The van der Waals surface area contributed by atoms with E-state index in [1.54, 1.807) is 0 Å². The van der Waals surface area contributed by atoms with E-state index in [-0.39, 0.29) is 36.8 Å². The van der Waals surface area contributed by atoms with Crippen molar-refractivity contribution in [1.29, 1.82) is 0 Å². The number of amides is 1. The number of alkyl halides is 3. The number of benzene rings is 2. The van der Waals surface area contributed by atoms with Gasteiger partial charge in [0, 0.05) is 38.5 Å². The number of halogens is 5. The summed E-state index contributed by atoms with van der Waals surface area (Å²) in [6.07, 6.45) is -3.83. The van der Waals surface area contributed by atoms with Crippen LogP contribution in [0.25, 0.3) is 0 Å². The maximum Gasteiger partial charge on any atom is 0.422 e. The molecule has 1 aliphatic heterocycles. The van der Waals surface area contributed by atoms with Crippen LogP contribution in [-0.2, 0) is 19.7 Å². The highest BCUT2D eigenvalue weighted by Gasteiger charge is 2.32. The second-order valence-electron chi connectivity index (χ2n) is 8.94. The molecule has 210 valence electrons. The zero-order valence-electron chi connectivity index (χ0n) is 20.5. The Morgan fingerprint density at radius 2 is 1.58 bits per heavy atom. The van der Waals surface area contributed by atoms with Crippen LogP contribution in [0.5, 0.6) is 5.75 Å². The Bertz CT molecular complexity index is 1430. The number of carbonyl (C=O) groups is 1. The molecule has 1 amide bonds. The van der Waals surface area contributed by atoms with Crippen LogP contribution in [-0.4, -0.2) is 78.1 Å². The highest BCUT2D eigenvalue weighted by Crippen LogP contribution is 2.30. The van der Waals surface area contributed by atoms with Gasteiger partial charge in [0.1, 0.15) is 22.3 Å². The van der Waals surface area contributed by atoms with Gasteiger partial charge in [-0.1, -0.05) is 0 Å². The molecule has 0 radical (unpaired) electrons. The van der Waals surface area contributed by atoms with E-state index < -0.39 is 71.5 Å². The van der Waals surface area contributed by atoms with Gasteiger partial charge in [-0.3, -0.25) is 4.79 Å². The van der Waals surface area contributed by atoms with E-state index in [9.17, 15) is 43.6 Å². The lowest BCUT2D eigenvalue weighted by atomic mass is 10.1. The molecule has 0 aromatic heterocycles. The van der Waals surface area contributed by atoms with E-state index in [1.807, 2.05) is 0 Å². The molecule has 15 heteroatoms. The number of hydrogen-bond donors (Lipinski definition) is 0. The molecule has 0 unspecified atom stereocenters. The zero-order chi connectivity index (χ0) is 28.6. The number of rotatable bonds is 7. The quantitative estimate of drug-likeness (QED) is 0.460. The molecule has 38 heavy (non-hydrogen) atoms. The first kappa shape index (κ1) is 29.6. The fourth-order valence-electron chi connectivity index (χ4n) is 3.75. The minimum atomic E-state index is -4.70. The fraction of sp³-hybridized carbons (Fsp3) is 0.435. The summed E-state index contributed by atoms with van der Waals surface area (Å²) in [4.78, 5) is 14.7. The van der Waals surface area contributed by atoms with Gasteiger partial charge in [-0.05, 0) is 38.1 Å². The maximum absolute atomic E-state index is 14.8. The van der Waals surface area contributed by atoms with Crippen LogP contribution in [0.3, 0.4) is 0 Å². The van der Waals surface area contributed by atoms with Gasteiger partial charge in [-0.25, -0.2) is 25.6 Å². The van der Waals surface area contributed by atoms with Crippen molar-refractivity contribution < 1.29 is 48.3 Å². The van der Waals surface area contributed by atoms with Crippen LogP contribution in [0.1, 0.15) is 24.2 Å². The second-order valence-corrected chi connectivity index (χ2v) is 13.4. The summed E-state index contributed by atoms with van der Waals surface area (Å²) in [5.74, 6) is -3.37. The molecule has 1 saturated heterocycles. The van der Waals surface area contributed by atoms with Crippen LogP contribution in [0.2, 0.25) is 0 Å². The minimum Gasteiger partial charge on any atom is -0.483 e. The Morgan fingerprint density at radius 3 is 2.11 bits per heavy atom. The molecule has 1 heterocycles. The molecule has 1 aliphatic rings. The number of nitrogens with zero attached hydrogens (tertiary/aromatic N) is 2. The molecule has 0 aliphatic carbocycles. The molecule has 0 atom stereocenters. The van der Waals surface area contributed by atoms with Gasteiger partial charge in [0.15, 0.2) is 26.3 Å². The molecule has 1 fully saturated rings. The van der Waals surface area contributed by atoms with Crippen LogP contribution in [0, 0.1) is 11.6 Å². The summed E-state index contributed by atoms with van der Waals surface area (Å²) < 4.78 is 121. The van der Waals surface area contributed by atoms with E-state index in [2.05, 4.69) is 0 Å². The summed E-state index contributed by atoms with van der Waals surface area (Å²) in [7, 11) is -7.87. The van der Waals surface area contributed by atoms with Crippen LogP contribution >= 0.6 is 0 Å². The summed E-state index contributed by atoms with van der Waals surface area (Å²) in [5, 5.41) is -0.969. The monoisotopic (exact) mass is 584 g/mol. The highest BCUT2D eigenvalue weighted by molar-refractivity contribution is 7.92. The van der Waals surface area contributed by atoms with Crippen LogP contribution in [0.15, 0.2) is 40.1 Å². The lowest BCUT2D eigenvalue weighted by Gasteiger charge is -2.36. The van der Waals surface area contributed by atoms with Gasteiger partial charge < -0.3 is 14.5 Å². The molecule has 0 spiro atoms. The van der Waals surface area contributed by atoms with Crippen LogP contribution in [0.4, 0.5) is 27.6 Å². The largest absolute Gasteiger partial charge is 0.483 e. The van der Waals surface area contributed by atoms with Crippen molar-refractivity contribution in [2.45, 2.75) is 35.1 Å². The summed E-state index contributed by atoms with van der Waals surface area (Å²) in [6.45, 7) is 0.768. The maximum atomic E-state index is 14.8. The summed E-state index contributed by atoms with van der Waals surface area (Å²) in [5.41, 5.74) is -0.614. The lowest BCUT2D eigenvalue weighted by molar-refractivity contribution is -0.153. The van der Waals surface area contributed by atoms with Gasteiger partial charge in [-0.15, -0.1) is 0 Å². The van der Waals surface area contributed by atoms with E-state index >= 15 is 0 Å². The Labute approximate surface area is 216 Å². The average Bonchev–Trinajstić information content (AvgIpc) is 2.82. The SMILES string of the molecule is CC(C)S(=O)(=O)c1cc(F)c(N2CCN(C(=O)c3cc(S(C)(=O)=O)ccc3OCC(F)(F)F)CC2)cc1F. The Morgan fingerprint density at radius 1 is 0.974 bits per heavy atom. The number of ether oxygens (including phenoxy) is 1. The van der Waals surface area contributed by atoms with Crippen molar-refractivity contribution in [3.05, 3.63) is 47.5 Å². The number of sulfone groups is 2. The molecule has 0 bridgehead atoms. The Balaban J connectivity index is 1.83. The summed E-state index contributed by atoms with van der Waals surface area (Å²) in [6, 6.07) is 4.30. The number of anilines is 1. The van der Waals surface area contributed by atoms with Crippen molar-refractivity contribution in [3.8, 4) is 5.75 Å². The normalized spacial score (nSPS) is 15.2. The summed E-state index contributed by atoms with van der Waals surface area (Å²) >= 11 is 0. The third-order valence-electron chi connectivity index (χ3n) is 5.84. The predicted octanol–water partition coefficient (Wildman–Crippen LogP) is 3.45. The first-order chi connectivity index (χ1) is 17.4. The van der Waals surface area contributed by atoms with Crippen molar-refractivity contribution in [2.24, 2.45) is 0 Å². The molecule has 0 saturated carbocycles. The molecule has 2 aromatic rings. The Kier molecular flexibility index (Phi) is 8.32. The topological polar surface area (TPSA) is 101 Å². The van der Waals surface area contributed by atoms with E-state index in [0.29, 0.717) is 6.07 Å². The second kappa shape index (κ2) is 10.7. The predicted molar refractivity (Wildman–Crippen MR) is 128 cm³/mol. The van der Waals surface area contributed by atoms with Crippen molar-refractivity contribution in [2.75, 3.05) is 43.9 Å². The fourth-order valence-corrected chi connectivity index (χ4v) is 5.50. The Hall–Kier alpha value is -2.94. The van der Waals surface area contributed by atoms with E-state index in [1.165, 1.54) is 23.6 Å². The first-order valence-electron chi connectivity index (χ1n) is 11.2. The van der Waals surface area contributed by atoms with Gasteiger partial charge in [-0.2, -0.15) is 13.2 Å². The van der Waals surface area contributed by atoms with Gasteiger partial charge in [0.25, 0.3) is 5.91 Å². The molecule has 0 N–H and O–H groups in total. The number of piperazine rings is 1. The van der Waals surface area contributed by atoms with Gasteiger partial charge in [0.05, 0.1) is 21.4 Å². The van der Waals surface area contributed by atoms with Crippen molar-refractivity contribution in [1.82, 2.24) is 4.90 Å². The molecule has 2 aromatic carbocycles. The highest BCUT2D eigenvalue weighted by atomic mass is 32.2. The average molecular weight is 585 g/mol. The molecular formula is C23H25F5N2O6S2. The third-order valence-corrected chi connectivity index (χ3v) is 9.11. The standard InChI is InChI=1S/C23H25F5N2O6S2/c1-14(2)38(34,35)21-12-17(24)19(11-18(21)25)29-6-8-30(9-7-29)22(31)16-10-15(37(3,32)33)4-5-20(16)36-13-23(26,27)28/h4-5,10-12,14H,6-9,13H2,1-3H3. The minimum absolute atomic E-state index is 0.0249. The lowest BCUT2D eigenvalue weighted by Crippen LogP contribution is -2.49. The third kappa shape index (κ3) is 6.54. The molecule has 8 nitrogen and oxygen atoms in total. The number of carbonyl (C=O) groups excluding carboxylic acids is 1. The molecule has 3 rings (SSSR count). The van der Waals surface area contributed by atoms with Crippen molar-refractivity contribution >= 4 is 31.3 Å². The smallest absolute Gasteiger partial charge is 0.422 e. The first-order valence-corrected chi connectivity index (χ1v) is 14.7. The van der Waals surface area contributed by atoms with Gasteiger partial charge >= 0.3 is 6.18 Å². The van der Waals surface area contributed by atoms with Gasteiger partial charge in [0.2, 0.25) is 0 Å². The molecular weight excluding hydrogens is 559 g/mol.